The van der Waals surface area contributed by atoms with Crippen molar-refractivity contribution in [2.75, 3.05) is 13.2 Å². The monoisotopic (exact) mass is 250 g/mol. The third-order valence-corrected chi connectivity index (χ3v) is 5.01. The van der Waals surface area contributed by atoms with E-state index in [2.05, 4.69) is 49.5 Å². The number of benzene rings is 1. The Bertz CT molecular complexity index is 351. The van der Waals surface area contributed by atoms with E-state index in [-0.39, 0.29) is 0 Å². The standard InChI is InChI=1S/C14H22O2Si/c1-5-15-17(4,16-6-2)12-11-14-9-7-13(3)8-10-14/h7-12H,5-6H2,1-4H3/b12-11-. The molecule has 17 heavy (non-hydrogen) atoms. The van der Waals surface area contributed by atoms with Crippen LogP contribution >= 0.6 is 0 Å². The van der Waals surface area contributed by atoms with Crippen LogP contribution in [-0.4, -0.2) is 21.8 Å². The molecule has 0 N–H and O–H groups in total. The first kappa shape index (κ1) is 14.2. The quantitative estimate of drug-likeness (QED) is 0.717. The lowest BCUT2D eigenvalue weighted by atomic mass is 10.2. The normalized spacial score (nSPS) is 12.2. The van der Waals surface area contributed by atoms with Gasteiger partial charge in [-0.15, -0.1) is 0 Å². The highest BCUT2D eigenvalue weighted by Gasteiger charge is 2.26. The molecule has 0 spiro atoms. The summed E-state index contributed by atoms with van der Waals surface area (Å²) in [6.07, 6.45) is 2.09. The molecule has 0 radical (unpaired) electrons. The molecule has 94 valence electrons. The molecule has 0 aliphatic heterocycles. The fourth-order valence-corrected chi connectivity index (χ4v) is 3.55. The fraction of sp³-hybridized carbons (Fsp3) is 0.429. The highest BCUT2D eigenvalue weighted by molar-refractivity contribution is 6.72. The molecule has 0 aliphatic rings. The summed E-state index contributed by atoms with van der Waals surface area (Å²) in [5, 5.41) is 0. The van der Waals surface area contributed by atoms with Crippen molar-refractivity contribution in [2.45, 2.75) is 27.3 Å². The molecular formula is C14H22O2Si. The average molecular weight is 250 g/mol. The lowest BCUT2D eigenvalue weighted by molar-refractivity contribution is 0.201. The minimum absolute atomic E-state index is 0.695. The lowest BCUT2D eigenvalue weighted by Gasteiger charge is -2.22. The Labute approximate surface area is 106 Å². The van der Waals surface area contributed by atoms with Gasteiger partial charge in [-0.1, -0.05) is 35.9 Å². The van der Waals surface area contributed by atoms with E-state index in [0.29, 0.717) is 13.2 Å². The fourth-order valence-electron chi connectivity index (χ4n) is 1.64. The second-order valence-corrected chi connectivity index (χ2v) is 7.07. The van der Waals surface area contributed by atoms with Crippen molar-refractivity contribution in [3.63, 3.8) is 0 Å². The Morgan fingerprint density at radius 2 is 1.59 bits per heavy atom. The van der Waals surface area contributed by atoms with Crippen LogP contribution in [0.4, 0.5) is 0 Å². The van der Waals surface area contributed by atoms with Crippen LogP contribution in [0.25, 0.3) is 6.08 Å². The molecule has 0 saturated carbocycles. The summed E-state index contributed by atoms with van der Waals surface area (Å²) in [6.45, 7) is 9.56. The molecule has 1 rings (SSSR count). The van der Waals surface area contributed by atoms with E-state index in [0.717, 1.165) is 0 Å². The zero-order chi connectivity index (χ0) is 12.7. The van der Waals surface area contributed by atoms with Gasteiger partial charge in [0.25, 0.3) is 0 Å². The van der Waals surface area contributed by atoms with E-state index < -0.39 is 8.56 Å². The van der Waals surface area contributed by atoms with Gasteiger partial charge in [0.1, 0.15) is 0 Å². The van der Waals surface area contributed by atoms with Gasteiger partial charge in [-0.2, -0.15) is 0 Å². The van der Waals surface area contributed by atoms with Gasteiger partial charge in [-0.05, 0) is 38.6 Å². The summed E-state index contributed by atoms with van der Waals surface area (Å²) >= 11 is 0. The van der Waals surface area contributed by atoms with Crippen molar-refractivity contribution in [3.05, 3.63) is 41.1 Å². The Kier molecular flexibility index (Phi) is 5.61. The SMILES string of the molecule is CCO[Si](C)(/C=C\c1ccc(C)cc1)OCC. The Morgan fingerprint density at radius 1 is 1.06 bits per heavy atom. The first-order chi connectivity index (χ1) is 8.09. The largest absolute Gasteiger partial charge is 0.392 e. The van der Waals surface area contributed by atoms with Crippen LogP contribution in [0.1, 0.15) is 25.0 Å². The second-order valence-electron chi connectivity index (χ2n) is 4.13. The first-order valence-corrected chi connectivity index (χ1v) is 8.53. The predicted octanol–water partition coefficient (Wildman–Crippen LogP) is 3.69. The van der Waals surface area contributed by atoms with Crippen molar-refractivity contribution in [3.8, 4) is 0 Å². The molecule has 0 fully saturated rings. The van der Waals surface area contributed by atoms with Gasteiger partial charge < -0.3 is 8.85 Å². The van der Waals surface area contributed by atoms with Gasteiger partial charge in [-0.25, -0.2) is 0 Å². The summed E-state index contributed by atoms with van der Waals surface area (Å²) in [5.74, 6) is 0. The number of hydrogen-bond acceptors (Lipinski definition) is 2. The van der Waals surface area contributed by atoms with E-state index in [1.54, 1.807) is 0 Å². The molecular weight excluding hydrogens is 228 g/mol. The van der Waals surface area contributed by atoms with E-state index in [9.17, 15) is 0 Å². The average Bonchev–Trinajstić information content (AvgIpc) is 2.29. The molecule has 0 heterocycles. The molecule has 0 saturated heterocycles. The van der Waals surface area contributed by atoms with Crippen LogP contribution < -0.4 is 0 Å². The van der Waals surface area contributed by atoms with E-state index in [1.807, 2.05) is 13.8 Å². The van der Waals surface area contributed by atoms with E-state index in [1.165, 1.54) is 11.1 Å². The van der Waals surface area contributed by atoms with Gasteiger partial charge in [0.2, 0.25) is 0 Å². The van der Waals surface area contributed by atoms with Crippen molar-refractivity contribution in [2.24, 2.45) is 0 Å². The maximum Gasteiger partial charge on any atom is 0.361 e. The smallest absolute Gasteiger partial charge is 0.361 e. The lowest BCUT2D eigenvalue weighted by Crippen LogP contribution is -2.36. The first-order valence-electron chi connectivity index (χ1n) is 6.13. The van der Waals surface area contributed by atoms with Crippen LogP contribution in [0.3, 0.4) is 0 Å². The van der Waals surface area contributed by atoms with E-state index >= 15 is 0 Å². The molecule has 3 heteroatoms. The number of hydrogen-bond donors (Lipinski definition) is 0. The highest BCUT2D eigenvalue weighted by atomic mass is 28.4. The van der Waals surface area contributed by atoms with Crippen LogP contribution in [-0.2, 0) is 8.85 Å². The van der Waals surface area contributed by atoms with Crippen molar-refractivity contribution in [1.82, 2.24) is 0 Å². The minimum atomic E-state index is -2.13. The van der Waals surface area contributed by atoms with E-state index in [4.69, 9.17) is 8.85 Å². The summed E-state index contributed by atoms with van der Waals surface area (Å²) < 4.78 is 11.5. The minimum Gasteiger partial charge on any atom is -0.392 e. The van der Waals surface area contributed by atoms with Gasteiger partial charge in [0.15, 0.2) is 0 Å². The molecule has 0 aromatic heterocycles. The van der Waals surface area contributed by atoms with Gasteiger partial charge in [0, 0.05) is 13.2 Å². The molecule has 1 aromatic carbocycles. The molecule has 1 aromatic rings. The molecule has 0 unspecified atom stereocenters. The van der Waals surface area contributed by atoms with Gasteiger partial charge in [-0.3, -0.25) is 0 Å². The van der Waals surface area contributed by atoms with Crippen molar-refractivity contribution >= 4 is 14.6 Å². The molecule has 0 aliphatic carbocycles. The third kappa shape index (κ3) is 4.85. The predicted molar refractivity (Wildman–Crippen MR) is 75.1 cm³/mol. The number of rotatable bonds is 6. The maximum atomic E-state index is 5.75. The van der Waals surface area contributed by atoms with Crippen LogP contribution in [0.15, 0.2) is 30.0 Å². The Hall–Kier alpha value is -0.903. The van der Waals surface area contributed by atoms with Crippen LogP contribution in [0, 0.1) is 6.92 Å². The van der Waals surface area contributed by atoms with Crippen molar-refractivity contribution < 1.29 is 8.85 Å². The Morgan fingerprint density at radius 3 is 2.06 bits per heavy atom. The van der Waals surface area contributed by atoms with Crippen LogP contribution in [0.5, 0.6) is 0 Å². The number of aryl methyl sites for hydroxylation is 1. The molecule has 2 nitrogen and oxygen atoms in total. The summed E-state index contributed by atoms with van der Waals surface area (Å²) in [5.41, 5.74) is 4.57. The second kappa shape index (κ2) is 6.74. The summed E-state index contributed by atoms with van der Waals surface area (Å²) in [6, 6.07) is 8.44. The molecule has 0 amide bonds. The maximum absolute atomic E-state index is 5.75. The topological polar surface area (TPSA) is 18.5 Å². The van der Waals surface area contributed by atoms with Gasteiger partial charge >= 0.3 is 8.56 Å². The third-order valence-electron chi connectivity index (χ3n) is 2.52. The van der Waals surface area contributed by atoms with Crippen LogP contribution in [0.2, 0.25) is 6.55 Å². The van der Waals surface area contributed by atoms with Crippen molar-refractivity contribution in [1.29, 1.82) is 0 Å². The highest BCUT2D eigenvalue weighted by Crippen LogP contribution is 2.12. The molecule has 0 atom stereocenters. The molecule has 0 bridgehead atoms. The summed E-state index contributed by atoms with van der Waals surface area (Å²) in [4.78, 5) is 0. The Balaban J connectivity index is 2.75. The van der Waals surface area contributed by atoms with Gasteiger partial charge in [0.05, 0.1) is 0 Å². The summed E-state index contributed by atoms with van der Waals surface area (Å²) in [7, 11) is -2.13. The zero-order valence-corrected chi connectivity index (χ0v) is 12.2. The zero-order valence-electron chi connectivity index (χ0n) is 11.2.